The number of amides is 1. The number of hydrogen-bond acceptors (Lipinski definition) is 4. The number of aromatic nitrogens is 3. The van der Waals surface area contributed by atoms with E-state index < -0.39 is 0 Å². The lowest BCUT2D eigenvalue weighted by Gasteiger charge is -2.08. The highest BCUT2D eigenvalue weighted by Crippen LogP contribution is 2.18. The van der Waals surface area contributed by atoms with Crippen LogP contribution < -0.4 is 10.9 Å². The summed E-state index contributed by atoms with van der Waals surface area (Å²) in [6, 6.07) is 14.2. The van der Waals surface area contributed by atoms with E-state index in [9.17, 15) is 9.59 Å². The minimum Gasteiger partial charge on any atom is -0.332 e. The number of nitrogens with one attached hydrogen (secondary N) is 2. The topological polar surface area (TPSA) is 79.8 Å². The van der Waals surface area contributed by atoms with Gasteiger partial charge in [0.15, 0.2) is 4.77 Å². The van der Waals surface area contributed by atoms with E-state index in [1.807, 2.05) is 24.3 Å². The first kappa shape index (κ1) is 16.2. The van der Waals surface area contributed by atoms with E-state index in [0.29, 0.717) is 26.9 Å². The number of rotatable bonds is 2. The molecule has 26 heavy (non-hydrogen) atoms. The highest BCUT2D eigenvalue weighted by atomic mass is 32.1. The Bertz CT molecular complexity index is 1290. The maximum Gasteiger partial charge on any atom is 0.261 e. The summed E-state index contributed by atoms with van der Waals surface area (Å²) < 4.78 is 1.67. The Labute approximate surface area is 153 Å². The van der Waals surface area contributed by atoms with Crippen LogP contribution in [0.2, 0.25) is 0 Å². The molecule has 0 fully saturated rings. The Kier molecular flexibility index (Phi) is 3.85. The predicted molar refractivity (Wildman–Crippen MR) is 104 cm³/mol. The Morgan fingerprint density at radius 2 is 2.04 bits per heavy atom. The van der Waals surface area contributed by atoms with Gasteiger partial charge in [0.2, 0.25) is 0 Å². The van der Waals surface area contributed by atoms with E-state index in [2.05, 4.69) is 15.3 Å². The van der Waals surface area contributed by atoms with E-state index in [-0.39, 0.29) is 11.5 Å². The second-order valence-corrected chi connectivity index (χ2v) is 6.31. The molecule has 0 saturated heterocycles. The first-order chi connectivity index (χ1) is 12.5. The average molecular weight is 362 g/mol. The Morgan fingerprint density at radius 1 is 1.19 bits per heavy atom. The van der Waals surface area contributed by atoms with E-state index >= 15 is 0 Å². The molecule has 2 heterocycles. The number of fused-ring (bicyclic) bond motifs is 2. The van der Waals surface area contributed by atoms with Crippen molar-refractivity contribution >= 4 is 45.6 Å². The maximum atomic E-state index is 12.6. The van der Waals surface area contributed by atoms with Crippen LogP contribution in [0.15, 0.2) is 59.5 Å². The van der Waals surface area contributed by atoms with Gasteiger partial charge in [0, 0.05) is 29.9 Å². The van der Waals surface area contributed by atoms with Gasteiger partial charge in [-0.3, -0.25) is 19.1 Å². The summed E-state index contributed by atoms with van der Waals surface area (Å²) in [6.45, 7) is 0. The molecule has 0 bridgehead atoms. The van der Waals surface area contributed by atoms with Crippen molar-refractivity contribution in [3.05, 3.63) is 75.4 Å². The lowest BCUT2D eigenvalue weighted by molar-refractivity contribution is 0.102. The molecule has 2 aromatic heterocycles. The standard InChI is InChI=1S/C19H14N4O2S/c1-23-18(25)14-6-4-12(10-16(14)22-19(23)26)17(24)21-13-5-7-15-11(9-13)3-2-8-20-15/h2-10H,1H3,(H,21,24)(H,22,26). The zero-order valence-corrected chi connectivity index (χ0v) is 14.6. The Hall–Kier alpha value is -3.32. The second-order valence-electron chi connectivity index (χ2n) is 5.92. The van der Waals surface area contributed by atoms with E-state index in [1.165, 1.54) is 4.57 Å². The SMILES string of the molecule is Cn1c(=S)[nH]c2cc(C(=O)Nc3ccc4ncccc4c3)ccc2c1=O. The van der Waals surface area contributed by atoms with Crippen LogP contribution in [-0.4, -0.2) is 20.4 Å². The normalized spacial score (nSPS) is 11.0. The fourth-order valence-corrected chi connectivity index (χ4v) is 3.00. The van der Waals surface area contributed by atoms with Crippen molar-refractivity contribution in [2.24, 2.45) is 7.05 Å². The lowest BCUT2D eigenvalue weighted by atomic mass is 10.1. The average Bonchev–Trinajstić information content (AvgIpc) is 2.65. The molecule has 0 radical (unpaired) electrons. The number of nitrogens with zero attached hydrogens (tertiary/aromatic N) is 2. The Morgan fingerprint density at radius 3 is 2.88 bits per heavy atom. The zero-order chi connectivity index (χ0) is 18.3. The van der Waals surface area contributed by atoms with Crippen LogP contribution >= 0.6 is 12.2 Å². The minimum absolute atomic E-state index is 0.197. The summed E-state index contributed by atoms with van der Waals surface area (Å²) in [5, 5.41) is 4.29. The van der Waals surface area contributed by atoms with Gasteiger partial charge in [-0.2, -0.15) is 0 Å². The molecule has 4 aromatic rings. The molecular weight excluding hydrogens is 348 g/mol. The van der Waals surface area contributed by atoms with Crippen molar-refractivity contribution in [2.75, 3.05) is 5.32 Å². The number of pyridine rings is 1. The summed E-state index contributed by atoms with van der Waals surface area (Å²) in [4.78, 5) is 32.0. The molecule has 0 spiro atoms. The summed E-state index contributed by atoms with van der Waals surface area (Å²) in [5.74, 6) is -0.268. The summed E-state index contributed by atoms with van der Waals surface area (Å²) >= 11 is 5.13. The van der Waals surface area contributed by atoms with Crippen molar-refractivity contribution < 1.29 is 4.79 Å². The third kappa shape index (κ3) is 2.78. The number of hydrogen-bond donors (Lipinski definition) is 2. The fourth-order valence-electron chi connectivity index (χ4n) is 2.80. The van der Waals surface area contributed by atoms with Crippen molar-refractivity contribution in [2.45, 2.75) is 0 Å². The molecule has 0 aliphatic rings. The van der Waals surface area contributed by atoms with Crippen LogP contribution in [-0.2, 0) is 7.05 Å². The first-order valence-electron chi connectivity index (χ1n) is 7.92. The predicted octanol–water partition coefficient (Wildman–Crippen LogP) is 3.40. The highest BCUT2D eigenvalue weighted by molar-refractivity contribution is 7.71. The van der Waals surface area contributed by atoms with Crippen LogP contribution in [0.4, 0.5) is 5.69 Å². The van der Waals surface area contributed by atoms with Crippen LogP contribution in [0.3, 0.4) is 0 Å². The van der Waals surface area contributed by atoms with Crippen molar-refractivity contribution in [1.29, 1.82) is 0 Å². The largest absolute Gasteiger partial charge is 0.332 e. The molecule has 1 amide bonds. The number of benzene rings is 2. The van der Waals surface area contributed by atoms with E-state index in [4.69, 9.17) is 12.2 Å². The van der Waals surface area contributed by atoms with E-state index in [0.717, 1.165) is 10.9 Å². The van der Waals surface area contributed by atoms with Crippen LogP contribution in [0.25, 0.3) is 21.8 Å². The first-order valence-corrected chi connectivity index (χ1v) is 8.33. The summed E-state index contributed by atoms with van der Waals surface area (Å²) in [6.07, 6.45) is 1.73. The van der Waals surface area contributed by atoms with Gasteiger partial charge in [0.25, 0.3) is 11.5 Å². The fraction of sp³-hybridized carbons (Fsp3) is 0.0526. The zero-order valence-electron chi connectivity index (χ0n) is 13.8. The van der Waals surface area contributed by atoms with Gasteiger partial charge in [-0.25, -0.2) is 0 Å². The van der Waals surface area contributed by atoms with Gasteiger partial charge >= 0.3 is 0 Å². The number of aromatic amines is 1. The molecular formula is C19H14N4O2S. The molecule has 0 saturated carbocycles. The molecule has 2 N–H and O–H groups in total. The molecule has 4 rings (SSSR count). The third-order valence-electron chi connectivity index (χ3n) is 4.22. The minimum atomic E-state index is -0.268. The molecule has 7 heteroatoms. The van der Waals surface area contributed by atoms with Crippen molar-refractivity contribution in [3.63, 3.8) is 0 Å². The quantitative estimate of drug-likeness (QED) is 0.536. The van der Waals surface area contributed by atoms with Gasteiger partial charge in [-0.1, -0.05) is 6.07 Å². The van der Waals surface area contributed by atoms with E-state index in [1.54, 1.807) is 37.5 Å². The Balaban J connectivity index is 1.70. The van der Waals surface area contributed by atoms with Crippen LogP contribution in [0.1, 0.15) is 10.4 Å². The summed E-state index contributed by atoms with van der Waals surface area (Å²) in [7, 11) is 1.61. The van der Waals surface area contributed by atoms with Crippen molar-refractivity contribution in [3.8, 4) is 0 Å². The molecule has 0 aliphatic heterocycles. The van der Waals surface area contributed by atoms with Gasteiger partial charge in [-0.15, -0.1) is 0 Å². The third-order valence-corrected chi connectivity index (χ3v) is 4.60. The van der Waals surface area contributed by atoms with Gasteiger partial charge in [-0.05, 0) is 54.7 Å². The van der Waals surface area contributed by atoms with Gasteiger partial charge in [0.1, 0.15) is 0 Å². The van der Waals surface area contributed by atoms with Crippen LogP contribution in [0, 0.1) is 4.77 Å². The monoisotopic (exact) mass is 362 g/mol. The summed E-state index contributed by atoms with van der Waals surface area (Å²) in [5.41, 5.74) is 2.31. The van der Waals surface area contributed by atoms with Crippen molar-refractivity contribution in [1.82, 2.24) is 14.5 Å². The molecule has 2 aromatic carbocycles. The molecule has 0 atom stereocenters. The number of carbonyl (C=O) groups is 1. The number of anilines is 1. The molecule has 128 valence electrons. The molecule has 6 nitrogen and oxygen atoms in total. The number of H-pyrrole nitrogens is 1. The van der Waals surface area contributed by atoms with Gasteiger partial charge < -0.3 is 10.3 Å². The van der Waals surface area contributed by atoms with Crippen LogP contribution in [0.5, 0.6) is 0 Å². The maximum absolute atomic E-state index is 12.6. The molecule has 0 aliphatic carbocycles. The smallest absolute Gasteiger partial charge is 0.261 e. The highest BCUT2D eigenvalue weighted by Gasteiger charge is 2.10. The second kappa shape index (κ2) is 6.20. The lowest BCUT2D eigenvalue weighted by Crippen LogP contribution is -2.19. The number of carbonyl (C=O) groups excluding carboxylic acids is 1. The molecule has 0 unspecified atom stereocenters. The van der Waals surface area contributed by atoms with Gasteiger partial charge in [0.05, 0.1) is 16.4 Å².